The van der Waals surface area contributed by atoms with Gasteiger partial charge in [0, 0.05) is 12.6 Å². The number of nitrogen functional groups attached to an aromatic ring is 1. The van der Waals surface area contributed by atoms with Crippen LogP contribution in [0.2, 0.25) is 0 Å². The number of carbonyl (C=O) groups excluding carboxylic acids is 1. The third kappa shape index (κ3) is 2.45. The van der Waals surface area contributed by atoms with Crippen molar-refractivity contribution in [2.75, 3.05) is 12.8 Å². The average Bonchev–Trinajstić information content (AvgIpc) is 2.20. The van der Waals surface area contributed by atoms with Crippen molar-refractivity contribution in [2.24, 2.45) is 0 Å². The molecule has 0 aliphatic rings. The van der Waals surface area contributed by atoms with Crippen LogP contribution in [-0.4, -0.2) is 18.1 Å². The van der Waals surface area contributed by atoms with E-state index in [4.69, 9.17) is 5.73 Å². The van der Waals surface area contributed by atoms with E-state index in [0.29, 0.717) is 18.5 Å². The van der Waals surface area contributed by atoms with Gasteiger partial charge in [0.15, 0.2) is 0 Å². The molecule has 0 aliphatic heterocycles. The zero-order valence-corrected chi connectivity index (χ0v) is 8.41. The lowest BCUT2D eigenvalue weighted by molar-refractivity contribution is -0.140. The Balaban J connectivity index is 2.68. The largest absolute Gasteiger partial charge is 0.469 e. The summed E-state index contributed by atoms with van der Waals surface area (Å²) in [6.07, 6.45) is 2.64. The van der Waals surface area contributed by atoms with Crippen LogP contribution in [0.4, 0.5) is 5.69 Å². The van der Waals surface area contributed by atoms with Crippen molar-refractivity contribution in [3.05, 3.63) is 23.5 Å². The minimum Gasteiger partial charge on any atom is -0.469 e. The maximum Gasteiger partial charge on any atom is 0.305 e. The van der Waals surface area contributed by atoms with E-state index in [1.807, 2.05) is 13.0 Å². The number of esters is 1. The molecule has 2 N–H and O–H groups in total. The first-order chi connectivity index (χ1) is 6.65. The van der Waals surface area contributed by atoms with Gasteiger partial charge >= 0.3 is 5.97 Å². The Labute approximate surface area is 83.1 Å². The number of hydrogen-bond donors (Lipinski definition) is 1. The van der Waals surface area contributed by atoms with Gasteiger partial charge in [0.1, 0.15) is 0 Å². The summed E-state index contributed by atoms with van der Waals surface area (Å²) in [5.41, 5.74) is 8.20. The van der Waals surface area contributed by atoms with Crippen molar-refractivity contribution in [3.8, 4) is 0 Å². The van der Waals surface area contributed by atoms with E-state index in [0.717, 1.165) is 11.3 Å². The molecule has 4 heteroatoms. The highest BCUT2D eigenvalue weighted by Gasteiger charge is 2.05. The molecular weight excluding hydrogens is 180 g/mol. The predicted octanol–water partition coefficient (Wildman–Crippen LogP) is 1.08. The molecule has 1 rings (SSSR count). The van der Waals surface area contributed by atoms with Gasteiger partial charge in [-0.1, -0.05) is 0 Å². The normalized spacial score (nSPS) is 9.86. The molecule has 0 radical (unpaired) electrons. The monoisotopic (exact) mass is 194 g/mol. The number of carbonyl (C=O) groups is 1. The first kappa shape index (κ1) is 10.5. The number of methoxy groups -OCH3 is 1. The Morgan fingerprint density at radius 1 is 1.64 bits per heavy atom. The zero-order chi connectivity index (χ0) is 10.6. The van der Waals surface area contributed by atoms with Gasteiger partial charge in [-0.3, -0.25) is 9.78 Å². The van der Waals surface area contributed by atoms with Crippen LogP contribution < -0.4 is 5.73 Å². The van der Waals surface area contributed by atoms with Gasteiger partial charge in [0.2, 0.25) is 0 Å². The van der Waals surface area contributed by atoms with E-state index in [2.05, 4.69) is 9.72 Å². The number of pyridine rings is 1. The van der Waals surface area contributed by atoms with Crippen molar-refractivity contribution < 1.29 is 9.53 Å². The molecule has 1 heterocycles. The lowest BCUT2D eigenvalue weighted by atomic mass is 10.1. The first-order valence-corrected chi connectivity index (χ1v) is 4.42. The summed E-state index contributed by atoms with van der Waals surface area (Å²) >= 11 is 0. The Hall–Kier alpha value is -1.58. The van der Waals surface area contributed by atoms with E-state index in [1.54, 1.807) is 6.20 Å². The molecule has 0 saturated heterocycles. The van der Waals surface area contributed by atoms with E-state index in [-0.39, 0.29) is 5.97 Å². The van der Waals surface area contributed by atoms with Gasteiger partial charge < -0.3 is 10.5 Å². The van der Waals surface area contributed by atoms with Gasteiger partial charge in [0.05, 0.1) is 18.5 Å². The lowest BCUT2D eigenvalue weighted by Crippen LogP contribution is -2.05. The van der Waals surface area contributed by atoms with Crippen molar-refractivity contribution in [1.82, 2.24) is 4.98 Å². The van der Waals surface area contributed by atoms with Crippen molar-refractivity contribution in [3.63, 3.8) is 0 Å². The van der Waals surface area contributed by atoms with E-state index < -0.39 is 0 Å². The number of aromatic nitrogens is 1. The molecule has 0 aromatic carbocycles. The fourth-order valence-electron chi connectivity index (χ4n) is 1.19. The maximum atomic E-state index is 10.9. The molecule has 0 fully saturated rings. The fraction of sp³-hybridized carbons (Fsp3) is 0.400. The van der Waals surface area contributed by atoms with Crippen LogP contribution in [-0.2, 0) is 16.0 Å². The number of aryl methyl sites for hydroxylation is 2. The van der Waals surface area contributed by atoms with Gasteiger partial charge in [-0.15, -0.1) is 0 Å². The highest BCUT2D eigenvalue weighted by Crippen LogP contribution is 2.15. The van der Waals surface area contributed by atoms with Crippen LogP contribution in [0.15, 0.2) is 12.3 Å². The second kappa shape index (κ2) is 4.60. The standard InChI is InChI=1S/C10H14N2O2/c1-7-10(11)8(5-6-12-7)3-4-9(13)14-2/h5-6H,3-4,11H2,1-2H3. The number of ether oxygens (including phenoxy) is 1. The van der Waals surface area contributed by atoms with Crippen LogP contribution in [0.1, 0.15) is 17.7 Å². The third-order valence-corrected chi connectivity index (χ3v) is 2.11. The smallest absolute Gasteiger partial charge is 0.305 e. The molecule has 76 valence electrons. The summed E-state index contributed by atoms with van der Waals surface area (Å²) in [7, 11) is 1.38. The van der Waals surface area contributed by atoms with Gasteiger partial charge in [-0.05, 0) is 25.0 Å². The minimum absolute atomic E-state index is 0.223. The van der Waals surface area contributed by atoms with Crippen molar-refractivity contribution in [1.29, 1.82) is 0 Å². The lowest BCUT2D eigenvalue weighted by Gasteiger charge is -2.06. The first-order valence-electron chi connectivity index (χ1n) is 4.42. The molecule has 0 aliphatic carbocycles. The number of nitrogens with two attached hydrogens (primary N) is 1. The molecule has 0 amide bonds. The van der Waals surface area contributed by atoms with Gasteiger partial charge in [-0.2, -0.15) is 0 Å². The highest BCUT2D eigenvalue weighted by atomic mass is 16.5. The Morgan fingerprint density at radius 2 is 2.36 bits per heavy atom. The summed E-state index contributed by atoms with van der Waals surface area (Å²) in [5.74, 6) is -0.223. The van der Waals surface area contributed by atoms with Gasteiger partial charge in [-0.25, -0.2) is 0 Å². The molecule has 0 saturated carbocycles. The SMILES string of the molecule is COC(=O)CCc1ccnc(C)c1N. The average molecular weight is 194 g/mol. The molecular formula is C10H14N2O2. The number of rotatable bonds is 3. The topological polar surface area (TPSA) is 65.2 Å². The van der Waals surface area contributed by atoms with Crippen LogP contribution in [0.3, 0.4) is 0 Å². The fourth-order valence-corrected chi connectivity index (χ4v) is 1.19. The molecule has 1 aromatic heterocycles. The van der Waals surface area contributed by atoms with Crippen LogP contribution in [0.5, 0.6) is 0 Å². The number of anilines is 1. The Morgan fingerprint density at radius 3 is 3.00 bits per heavy atom. The van der Waals surface area contributed by atoms with E-state index >= 15 is 0 Å². The molecule has 4 nitrogen and oxygen atoms in total. The Bertz CT molecular complexity index is 337. The minimum atomic E-state index is -0.223. The van der Waals surface area contributed by atoms with Crippen molar-refractivity contribution in [2.45, 2.75) is 19.8 Å². The molecule has 0 atom stereocenters. The predicted molar refractivity (Wildman–Crippen MR) is 53.7 cm³/mol. The van der Waals surface area contributed by atoms with Gasteiger partial charge in [0.25, 0.3) is 0 Å². The third-order valence-electron chi connectivity index (χ3n) is 2.11. The maximum absolute atomic E-state index is 10.9. The zero-order valence-electron chi connectivity index (χ0n) is 8.41. The molecule has 0 bridgehead atoms. The second-order valence-corrected chi connectivity index (χ2v) is 3.05. The van der Waals surface area contributed by atoms with Crippen LogP contribution in [0, 0.1) is 6.92 Å². The van der Waals surface area contributed by atoms with E-state index in [1.165, 1.54) is 7.11 Å². The summed E-state index contributed by atoms with van der Waals surface area (Å²) in [6, 6.07) is 1.82. The quantitative estimate of drug-likeness (QED) is 0.731. The molecule has 0 unspecified atom stereocenters. The number of nitrogens with zero attached hydrogens (tertiary/aromatic N) is 1. The highest BCUT2D eigenvalue weighted by molar-refractivity contribution is 5.70. The summed E-state index contributed by atoms with van der Waals surface area (Å²) in [5, 5.41) is 0. The van der Waals surface area contributed by atoms with Crippen molar-refractivity contribution >= 4 is 11.7 Å². The summed E-state index contributed by atoms with van der Waals surface area (Å²) in [4.78, 5) is 14.9. The Kier molecular flexibility index (Phi) is 3.45. The number of hydrogen-bond acceptors (Lipinski definition) is 4. The van der Waals surface area contributed by atoms with E-state index in [9.17, 15) is 4.79 Å². The van der Waals surface area contributed by atoms with Crippen LogP contribution >= 0.6 is 0 Å². The molecule has 1 aromatic rings. The summed E-state index contributed by atoms with van der Waals surface area (Å²) < 4.78 is 4.55. The molecule has 14 heavy (non-hydrogen) atoms. The second-order valence-electron chi connectivity index (χ2n) is 3.05. The van der Waals surface area contributed by atoms with Crippen LogP contribution in [0.25, 0.3) is 0 Å². The summed E-state index contributed by atoms with van der Waals surface area (Å²) in [6.45, 7) is 1.84. The molecule has 0 spiro atoms.